The van der Waals surface area contributed by atoms with Gasteiger partial charge in [0.2, 0.25) is 0 Å². The molecule has 1 aromatic carbocycles. The Balaban J connectivity index is 0.00000110. The summed E-state index contributed by atoms with van der Waals surface area (Å²) >= 11 is 3.23. The SMILES string of the molecule is C/C=C(\C)Br.C/C=C\CC(=O)CN(C)c1ccccc1N(C)C=NCC. The van der Waals surface area contributed by atoms with Crippen LogP contribution in [0.3, 0.4) is 0 Å². The Bertz CT molecular complexity index is 619. The monoisotopic (exact) mass is 421 g/mol. The largest absolute Gasteiger partial charge is 0.366 e. The summed E-state index contributed by atoms with van der Waals surface area (Å²) in [4.78, 5) is 20.1. The first-order chi connectivity index (χ1) is 12.4. The van der Waals surface area contributed by atoms with Crippen molar-refractivity contribution >= 4 is 39.4 Å². The van der Waals surface area contributed by atoms with Crippen molar-refractivity contribution < 1.29 is 4.79 Å². The standard InChI is InChI=1S/C17H25N3O.C4H7Br/c1-5-7-10-15(21)13-19(3)16-11-8-9-12-17(16)20(4)14-18-6-2;1-3-4(2)5/h5,7-9,11-12,14H,6,10,13H2,1-4H3;3H,1-2H3/b7-5-,18-14?;4-3+. The van der Waals surface area contributed by atoms with Crippen molar-refractivity contribution in [1.29, 1.82) is 0 Å². The molecule has 0 aliphatic rings. The molecule has 4 nitrogen and oxygen atoms in total. The second-order valence-corrected chi connectivity index (χ2v) is 7.01. The lowest BCUT2D eigenvalue weighted by Crippen LogP contribution is -2.27. The second-order valence-electron chi connectivity index (χ2n) is 5.76. The first kappa shape index (κ1) is 24.1. The maximum absolute atomic E-state index is 11.9. The number of para-hydroxylation sites is 2. The third-order valence-corrected chi connectivity index (χ3v) is 3.96. The summed E-state index contributed by atoms with van der Waals surface area (Å²) in [6.45, 7) is 9.07. The van der Waals surface area contributed by atoms with Gasteiger partial charge in [-0.05, 0) is 44.3 Å². The zero-order valence-corrected chi connectivity index (χ0v) is 18.5. The molecule has 144 valence electrons. The van der Waals surface area contributed by atoms with Crippen LogP contribution < -0.4 is 9.80 Å². The number of ketones is 1. The van der Waals surface area contributed by atoms with Crippen LogP contribution in [-0.4, -0.2) is 39.3 Å². The smallest absolute Gasteiger partial charge is 0.155 e. The van der Waals surface area contributed by atoms with Gasteiger partial charge in [0, 0.05) is 27.1 Å². The lowest BCUT2D eigenvalue weighted by atomic mass is 10.2. The van der Waals surface area contributed by atoms with E-state index >= 15 is 0 Å². The number of aliphatic imine (C=N–C) groups is 1. The van der Waals surface area contributed by atoms with E-state index in [1.54, 1.807) is 0 Å². The van der Waals surface area contributed by atoms with Crippen LogP contribution in [-0.2, 0) is 4.79 Å². The predicted octanol–water partition coefficient (Wildman–Crippen LogP) is 5.45. The molecule has 0 unspecified atom stereocenters. The van der Waals surface area contributed by atoms with Gasteiger partial charge in [0.1, 0.15) is 0 Å². The van der Waals surface area contributed by atoms with Crippen LogP contribution in [0.5, 0.6) is 0 Å². The van der Waals surface area contributed by atoms with Crippen LogP contribution in [0.4, 0.5) is 11.4 Å². The number of allylic oxidation sites excluding steroid dienone is 4. The third kappa shape index (κ3) is 10.2. The van der Waals surface area contributed by atoms with E-state index in [1.165, 1.54) is 4.48 Å². The second kappa shape index (κ2) is 14.3. The topological polar surface area (TPSA) is 35.9 Å². The van der Waals surface area contributed by atoms with Gasteiger partial charge in [-0.15, -0.1) is 0 Å². The van der Waals surface area contributed by atoms with E-state index in [9.17, 15) is 4.79 Å². The summed E-state index contributed by atoms with van der Waals surface area (Å²) in [6, 6.07) is 8.03. The number of anilines is 2. The quantitative estimate of drug-likeness (QED) is 0.318. The van der Waals surface area contributed by atoms with E-state index in [0.29, 0.717) is 13.0 Å². The van der Waals surface area contributed by atoms with Crippen molar-refractivity contribution in [2.24, 2.45) is 4.99 Å². The summed E-state index contributed by atoms with van der Waals surface area (Å²) in [5.41, 5.74) is 2.06. The number of nitrogens with zero attached hydrogens (tertiary/aromatic N) is 3. The molecule has 0 aromatic heterocycles. The Morgan fingerprint density at radius 1 is 1.19 bits per heavy atom. The van der Waals surface area contributed by atoms with Gasteiger partial charge in [-0.3, -0.25) is 9.79 Å². The molecular formula is C21H32BrN3O. The predicted molar refractivity (Wildman–Crippen MR) is 120 cm³/mol. The van der Waals surface area contributed by atoms with Crippen LogP contribution in [0.25, 0.3) is 0 Å². The fraction of sp³-hybridized carbons (Fsp3) is 0.429. The molecule has 0 heterocycles. The van der Waals surface area contributed by atoms with Crippen molar-refractivity contribution in [2.45, 2.75) is 34.1 Å². The first-order valence-electron chi connectivity index (χ1n) is 8.81. The van der Waals surface area contributed by atoms with Crippen molar-refractivity contribution in [1.82, 2.24) is 0 Å². The molecule has 0 atom stereocenters. The minimum Gasteiger partial charge on any atom is -0.366 e. The molecule has 5 heteroatoms. The van der Waals surface area contributed by atoms with Gasteiger partial charge in [0.05, 0.1) is 24.3 Å². The zero-order chi connectivity index (χ0) is 19.9. The summed E-state index contributed by atoms with van der Waals surface area (Å²) in [7, 11) is 3.91. The van der Waals surface area contributed by atoms with E-state index in [4.69, 9.17) is 0 Å². The Labute approximate surface area is 167 Å². The minimum absolute atomic E-state index is 0.204. The minimum atomic E-state index is 0.204. The molecule has 0 aliphatic heterocycles. The number of hydrogen-bond acceptors (Lipinski definition) is 3. The Morgan fingerprint density at radius 2 is 1.77 bits per heavy atom. The number of carbonyl (C=O) groups excluding carboxylic acids is 1. The van der Waals surface area contributed by atoms with Gasteiger partial charge in [0.25, 0.3) is 0 Å². The normalized spacial score (nSPS) is 11.4. The molecule has 0 saturated heterocycles. The maximum Gasteiger partial charge on any atom is 0.155 e. The van der Waals surface area contributed by atoms with Crippen LogP contribution in [0.2, 0.25) is 0 Å². The maximum atomic E-state index is 11.9. The van der Waals surface area contributed by atoms with Gasteiger partial charge < -0.3 is 9.80 Å². The first-order valence-corrected chi connectivity index (χ1v) is 9.60. The summed E-state index contributed by atoms with van der Waals surface area (Å²) in [6.07, 6.45) is 8.09. The molecule has 26 heavy (non-hydrogen) atoms. The average Bonchev–Trinajstić information content (AvgIpc) is 2.64. The van der Waals surface area contributed by atoms with Gasteiger partial charge in [-0.2, -0.15) is 0 Å². The Hall–Kier alpha value is -1.88. The van der Waals surface area contributed by atoms with Gasteiger partial charge >= 0.3 is 0 Å². The number of halogens is 1. The molecule has 0 N–H and O–H groups in total. The number of benzene rings is 1. The molecular weight excluding hydrogens is 390 g/mol. The lowest BCUT2D eigenvalue weighted by molar-refractivity contribution is -0.116. The average molecular weight is 422 g/mol. The zero-order valence-electron chi connectivity index (χ0n) is 16.9. The lowest BCUT2D eigenvalue weighted by Gasteiger charge is -2.25. The Kier molecular flexibility index (Phi) is 13.3. The van der Waals surface area contributed by atoms with Crippen LogP contribution in [0.1, 0.15) is 34.1 Å². The van der Waals surface area contributed by atoms with E-state index in [2.05, 4.69) is 20.9 Å². The molecule has 0 bridgehead atoms. The number of hydrogen-bond donors (Lipinski definition) is 0. The molecule has 0 saturated carbocycles. The van der Waals surface area contributed by atoms with Gasteiger partial charge in [0.15, 0.2) is 5.78 Å². The highest BCUT2D eigenvalue weighted by atomic mass is 79.9. The molecule has 0 radical (unpaired) electrons. The number of carbonyl (C=O) groups is 1. The fourth-order valence-corrected chi connectivity index (χ4v) is 2.02. The van der Waals surface area contributed by atoms with Crippen LogP contribution >= 0.6 is 15.9 Å². The molecule has 0 spiro atoms. The highest BCUT2D eigenvalue weighted by molar-refractivity contribution is 9.11. The molecule has 0 aliphatic carbocycles. The number of likely N-dealkylation sites (N-methyl/N-ethyl adjacent to an activating group) is 1. The van der Waals surface area contributed by atoms with Crippen molar-refractivity contribution in [3.63, 3.8) is 0 Å². The molecule has 1 aromatic rings. The number of Topliss-reactive ketones (excluding diaryl/α,β-unsaturated/α-hetero) is 1. The molecule has 1 rings (SSSR count). The van der Waals surface area contributed by atoms with E-state index < -0.39 is 0 Å². The van der Waals surface area contributed by atoms with Crippen molar-refractivity contribution in [2.75, 3.05) is 37.0 Å². The summed E-state index contributed by atoms with van der Waals surface area (Å²) < 4.78 is 1.19. The summed E-state index contributed by atoms with van der Waals surface area (Å²) in [5, 5.41) is 0. The van der Waals surface area contributed by atoms with Gasteiger partial charge in [-0.25, -0.2) is 0 Å². The van der Waals surface area contributed by atoms with E-state index in [0.717, 1.165) is 17.9 Å². The highest BCUT2D eigenvalue weighted by Crippen LogP contribution is 2.26. The fourth-order valence-electron chi connectivity index (χ4n) is 2.02. The molecule has 0 amide bonds. The van der Waals surface area contributed by atoms with Crippen molar-refractivity contribution in [3.05, 3.63) is 47.0 Å². The Morgan fingerprint density at radius 3 is 2.27 bits per heavy atom. The van der Waals surface area contributed by atoms with E-state index in [1.807, 2.05) is 100 Å². The molecule has 0 fully saturated rings. The van der Waals surface area contributed by atoms with Gasteiger partial charge in [-0.1, -0.05) is 46.3 Å². The summed E-state index contributed by atoms with van der Waals surface area (Å²) in [5.74, 6) is 0.204. The highest BCUT2D eigenvalue weighted by Gasteiger charge is 2.12. The van der Waals surface area contributed by atoms with Crippen LogP contribution in [0, 0.1) is 0 Å². The van der Waals surface area contributed by atoms with Crippen LogP contribution in [0.15, 0.2) is 52.0 Å². The van der Waals surface area contributed by atoms with E-state index in [-0.39, 0.29) is 5.78 Å². The third-order valence-electron chi connectivity index (χ3n) is 3.50. The number of rotatable bonds is 8. The van der Waals surface area contributed by atoms with Crippen molar-refractivity contribution in [3.8, 4) is 0 Å².